The van der Waals surface area contributed by atoms with E-state index in [1.807, 2.05) is 0 Å². The number of carbonyl (C=O) groups is 3. The van der Waals surface area contributed by atoms with Crippen LogP contribution >= 0.6 is 0 Å². The topological polar surface area (TPSA) is 208 Å². The molecule has 0 aliphatic heterocycles. The highest BCUT2D eigenvalue weighted by atomic mass is 32.2. The van der Waals surface area contributed by atoms with Crippen LogP contribution in [0.1, 0.15) is 26.3 Å². The van der Waals surface area contributed by atoms with E-state index in [1.165, 1.54) is 66.7 Å². The molecule has 51 heavy (non-hydrogen) atoms. The van der Waals surface area contributed by atoms with E-state index in [0.717, 1.165) is 0 Å². The van der Waals surface area contributed by atoms with E-state index >= 15 is 0 Å². The van der Waals surface area contributed by atoms with Crippen molar-refractivity contribution in [2.75, 3.05) is 20.1 Å². The third kappa shape index (κ3) is 7.74. The van der Waals surface area contributed by atoms with Gasteiger partial charge in [-0.1, -0.05) is 24.3 Å². The lowest BCUT2D eigenvalue weighted by Crippen LogP contribution is -2.19. The Balaban J connectivity index is 1.11. The summed E-state index contributed by atoms with van der Waals surface area (Å²) in [5.41, 5.74) is 1.84. The van der Waals surface area contributed by atoms with Gasteiger partial charge in [0.1, 0.15) is 0 Å². The number of benzene rings is 6. The van der Waals surface area contributed by atoms with E-state index in [1.54, 1.807) is 55.5 Å². The molecule has 0 bridgehead atoms. The van der Waals surface area contributed by atoms with Gasteiger partial charge in [-0.15, -0.1) is 0 Å². The number of anilines is 4. The fourth-order valence-corrected chi connectivity index (χ4v) is 7.48. The maximum Gasteiger partial charge on any atom is 0.335 e. The molecular formula is C36H28N4O9S2. The number of amides is 2. The van der Waals surface area contributed by atoms with Crippen molar-refractivity contribution in [2.45, 2.75) is 16.7 Å². The van der Waals surface area contributed by atoms with Gasteiger partial charge in [-0.2, -0.15) is 0 Å². The summed E-state index contributed by atoms with van der Waals surface area (Å²) in [4.78, 5) is 35.2. The van der Waals surface area contributed by atoms with Crippen molar-refractivity contribution in [3.05, 3.63) is 132 Å². The van der Waals surface area contributed by atoms with Crippen molar-refractivity contribution in [1.82, 2.24) is 0 Å². The molecule has 0 radical (unpaired) electrons. The fraction of sp³-hybridized carbons (Fsp3) is 0.0278. The summed E-state index contributed by atoms with van der Waals surface area (Å²) in [6, 6.07) is 27.9. The van der Waals surface area contributed by atoms with Crippen LogP contribution in [0.25, 0.3) is 21.5 Å². The maximum absolute atomic E-state index is 13.1. The molecule has 2 amide bonds. The first-order valence-electron chi connectivity index (χ1n) is 15.1. The standard InChI is InChI=1S/C36H28N4O9S2/c1-21-16-30(12-15-33(21)35(43)44)40-51(48,49)32-14-7-24-18-29(11-5-26(24)20-32)38-36(45)37-28-10-4-25-19-31(13-6-23(25)17-28)50(46,47)39-27-8-2-22(3-9-27)34(41)42/h2-20,39-40H,1H3,(H,41,42)(H,43,44)(H2,37,38,45). The zero-order valence-electron chi connectivity index (χ0n) is 26.5. The molecule has 0 spiro atoms. The lowest BCUT2D eigenvalue weighted by Gasteiger charge is -2.12. The molecule has 6 aromatic rings. The minimum Gasteiger partial charge on any atom is -0.478 e. The number of aromatic carboxylic acids is 2. The molecule has 0 fully saturated rings. The smallest absolute Gasteiger partial charge is 0.335 e. The predicted molar refractivity (Wildman–Crippen MR) is 194 cm³/mol. The summed E-state index contributed by atoms with van der Waals surface area (Å²) in [5.74, 6) is -2.23. The van der Waals surface area contributed by atoms with Gasteiger partial charge >= 0.3 is 18.0 Å². The van der Waals surface area contributed by atoms with Crippen LogP contribution in [0.3, 0.4) is 0 Å². The Morgan fingerprint density at radius 1 is 0.490 bits per heavy atom. The van der Waals surface area contributed by atoms with Gasteiger partial charge in [0, 0.05) is 22.7 Å². The van der Waals surface area contributed by atoms with Crippen molar-refractivity contribution in [1.29, 1.82) is 0 Å². The Morgan fingerprint density at radius 2 is 0.922 bits per heavy atom. The van der Waals surface area contributed by atoms with Crippen molar-refractivity contribution in [2.24, 2.45) is 0 Å². The predicted octanol–water partition coefficient (Wildman–Crippen LogP) is 6.94. The largest absolute Gasteiger partial charge is 0.478 e. The van der Waals surface area contributed by atoms with Crippen molar-refractivity contribution in [3.63, 3.8) is 0 Å². The van der Waals surface area contributed by atoms with Crippen LogP contribution in [0.2, 0.25) is 0 Å². The number of rotatable bonds is 10. The Labute approximate surface area is 291 Å². The number of sulfonamides is 2. The number of carboxylic acid groups (broad SMARTS) is 2. The minimum absolute atomic E-state index is 0.00187. The highest BCUT2D eigenvalue weighted by Gasteiger charge is 2.18. The van der Waals surface area contributed by atoms with Gasteiger partial charge in [-0.25, -0.2) is 31.2 Å². The molecule has 258 valence electrons. The van der Waals surface area contributed by atoms with E-state index in [-0.39, 0.29) is 32.3 Å². The average Bonchev–Trinajstić information content (AvgIpc) is 3.07. The fourth-order valence-electron chi connectivity index (χ4n) is 5.31. The molecule has 6 N–H and O–H groups in total. The molecule has 0 heterocycles. The molecule has 0 aromatic heterocycles. The summed E-state index contributed by atoms with van der Waals surface area (Å²) < 4.78 is 56.9. The lowest BCUT2D eigenvalue weighted by molar-refractivity contribution is 0.0685. The van der Waals surface area contributed by atoms with Gasteiger partial charge < -0.3 is 20.8 Å². The first-order chi connectivity index (χ1) is 24.2. The number of hydrogen-bond acceptors (Lipinski definition) is 7. The Bertz CT molecular complexity index is 2610. The second-order valence-corrected chi connectivity index (χ2v) is 14.8. The van der Waals surface area contributed by atoms with Gasteiger partial charge in [0.25, 0.3) is 20.0 Å². The molecule has 0 saturated carbocycles. The molecule has 0 saturated heterocycles. The average molecular weight is 725 g/mol. The molecule has 0 unspecified atom stereocenters. The Kier molecular flexibility index (Phi) is 9.08. The highest BCUT2D eigenvalue weighted by molar-refractivity contribution is 7.93. The van der Waals surface area contributed by atoms with Crippen molar-refractivity contribution in [3.8, 4) is 0 Å². The van der Waals surface area contributed by atoms with E-state index < -0.39 is 38.0 Å². The van der Waals surface area contributed by atoms with Crippen molar-refractivity contribution >= 4 is 82.3 Å². The molecule has 15 heteroatoms. The number of nitrogens with one attached hydrogen (secondary N) is 4. The highest BCUT2D eigenvalue weighted by Crippen LogP contribution is 2.27. The van der Waals surface area contributed by atoms with Gasteiger partial charge in [-0.05, 0) is 125 Å². The van der Waals surface area contributed by atoms with Crippen LogP contribution in [-0.2, 0) is 20.0 Å². The summed E-state index contributed by atoms with van der Waals surface area (Å²) in [6.45, 7) is 1.58. The summed E-state index contributed by atoms with van der Waals surface area (Å²) in [5, 5.41) is 26.3. The van der Waals surface area contributed by atoms with Crippen LogP contribution in [0, 0.1) is 6.92 Å². The Hall–Kier alpha value is -6.45. The molecule has 0 atom stereocenters. The maximum atomic E-state index is 13.1. The monoisotopic (exact) mass is 724 g/mol. The molecule has 13 nitrogen and oxygen atoms in total. The molecule has 0 aliphatic carbocycles. The second kappa shape index (κ2) is 13.5. The summed E-state index contributed by atoms with van der Waals surface area (Å²) >= 11 is 0. The van der Waals surface area contributed by atoms with Crippen molar-refractivity contribution < 1.29 is 41.4 Å². The van der Waals surface area contributed by atoms with E-state index in [0.29, 0.717) is 38.5 Å². The molecule has 6 aromatic carbocycles. The van der Waals surface area contributed by atoms with Gasteiger partial charge in [0.05, 0.1) is 20.9 Å². The number of aryl methyl sites for hydroxylation is 1. The van der Waals surface area contributed by atoms with Crippen LogP contribution in [0.4, 0.5) is 27.5 Å². The van der Waals surface area contributed by atoms with Crippen LogP contribution in [0.5, 0.6) is 0 Å². The van der Waals surface area contributed by atoms with E-state index in [4.69, 9.17) is 5.11 Å². The quantitative estimate of drug-likeness (QED) is 0.0863. The normalized spacial score (nSPS) is 11.5. The third-order valence-electron chi connectivity index (χ3n) is 7.85. The van der Waals surface area contributed by atoms with Gasteiger partial charge in [0.2, 0.25) is 0 Å². The first kappa shape index (κ1) is 34.4. The molecule has 6 rings (SSSR count). The number of carbonyl (C=O) groups excluding carboxylic acids is 1. The Morgan fingerprint density at radius 3 is 1.39 bits per heavy atom. The zero-order valence-corrected chi connectivity index (χ0v) is 28.2. The molecule has 0 aliphatic rings. The second-order valence-electron chi connectivity index (χ2n) is 11.5. The SMILES string of the molecule is Cc1cc(NS(=O)(=O)c2ccc3cc(NC(=O)Nc4ccc5cc(S(=O)(=O)Nc6ccc(C(=O)O)cc6)ccc5c4)ccc3c2)ccc1C(=O)O. The minimum atomic E-state index is -3.99. The van der Waals surface area contributed by atoms with Crippen LogP contribution in [-0.4, -0.2) is 45.0 Å². The number of carboxylic acids is 2. The van der Waals surface area contributed by atoms with E-state index in [2.05, 4.69) is 20.1 Å². The zero-order chi connectivity index (χ0) is 36.5. The van der Waals surface area contributed by atoms with E-state index in [9.17, 15) is 36.3 Å². The number of fused-ring (bicyclic) bond motifs is 2. The van der Waals surface area contributed by atoms with Crippen LogP contribution in [0.15, 0.2) is 125 Å². The summed E-state index contributed by atoms with van der Waals surface area (Å²) in [6.07, 6.45) is 0. The number of urea groups is 1. The summed E-state index contributed by atoms with van der Waals surface area (Å²) in [7, 11) is -7.96. The van der Waals surface area contributed by atoms with Gasteiger partial charge in [0.15, 0.2) is 0 Å². The number of hydrogen-bond donors (Lipinski definition) is 6. The van der Waals surface area contributed by atoms with Crippen LogP contribution < -0.4 is 20.1 Å². The third-order valence-corrected chi connectivity index (χ3v) is 10.6. The lowest BCUT2D eigenvalue weighted by atomic mass is 10.1. The molecular weight excluding hydrogens is 697 g/mol. The first-order valence-corrected chi connectivity index (χ1v) is 18.0. The van der Waals surface area contributed by atoms with Gasteiger partial charge in [-0.3, -0.25) is 9.44 Å².